The van der Waals surface area contributed by atoms with Crippen LogP contribution in [0.5, 0.6) is 0 Å². The third-order valence-electron chi connectivity index (χ3n) is 2.71. The highest BCUT2D eigenvalue weighted by Gasteiger charge is 2.19. The Balaban J connectivity index is 2.49. The molecule has 1 atom stereocenters. The molecule has 2 aromatic rings. The van der Waals surface area contributed by atoms with Crippen molar-refractivity contribution >= 4 is 28.8 Å². The van der Waals surface area contributed by atoms with E-state index in [0.29, 0.717) is 0 Å². The summed E-state index contributed by atoms with van der Waals surface area (Å²) in [4.78, 5) is 15.5. The van der Waals surface area contributed by atoms with Crippen LogP contribution in [0.15, 0.2) is 29.4 Å². The highest BCUT2D eigenvalue weighted by molar-refractivity contribution is 8.00. The summed E-state index contributed by atoms with van der Waals surface area (Å²) in [5.41, 5.74) is 1.96. The van der Waals surface area contributed by atoms with E-state index in [0.717, 1.165) is 16.2 Å². The first-order valence-corrected chi connectivity index (χ1v) is 6.75. The number of carboxylic acids is 1. The van der Waals surface area contributed by atoms with Gasteiger partial charge in [0.1, 0.15) is 5.25 Å². The number of nitrogens with zero attached hydrogens (tertiary/aromatic N) is 2. The molecule has 0 bridgehead atoms. The SMILES string of the molecule is CC(Sc1nc2ccccc2n1C(C)C)C(=O)O. The van der Waals surface area contributed by atoms with E-state index in [9.17, 15) is 4.79 Å². The molecule has 1 heterocycles. The van der Waals surface area contributed by atoms with E-state index in [1.54, 1.807) is 6.92 Å². The summed E-state index contributed by atoms with van der Waals surface area (Å²) in [5, 5.41) is 9.25. The topological polar surface area (TPSA) is 55.1 Å². The Kier molecular flexibility index (Phi) is 3.61. The summed E-state index contributed by atoms with van der Waals surface area (Å²) in [7, 11) is 0. The van der Waals surface area contributed by atoms with Crippen LogP contribution in [0.4, 0.5) is 0 Å². The van der Waals surface area contributed by atoms with E-state index in [1.165, 1.54) is 11.8 Å². The molecule has 1 unspecified atom stereocenters. The fraction of sp³-hybridized carbons (Fsp3) is 0.385. The van der Waals surface area contributed by atoms with E-state index in [1.807, 2.05) is 24.3 Å². The monoisotopic (exact) mass is 264 g/mol. The van der Waals surface area contributed by atoms with Crippen LogP contribution in [0, 0.1) is 0 Å². The van der Waals surface area contributed by atoms with Crippen molar-refractivity contribution < 1.29 is 9.90 Å². The molecule has 0 aliphatic carbocycles. The second-order valence-electron chi connectivity index (χ2n) is 4.45. The smallest absolute Gasteiger partial charge is 0.316 e. The average Bonchev–Trinajstić information content (AvgIpc) is 2.66. The minimum atomic E-state index is -0.817. The molecule has 5 heteroatoms. The molecule has 1 aromatic carbocycles. The molecule has 0 saturated carbocycles. The Morgan fingerprint density at radius 2 is 2.00 bits per heavy atom. The number of aliphatic carboxylic acids is 1. The van der Waals surface area contributed by atoms with Gasteiger partial charge in [0, 0.05) is 6.04 Å². The Labute approximate surface area is 110 Å². The zero-order valence-corrected chi connectivity index (χ0v) is 11.4. The maximum absolute atomic E-state index is 10.9. The number of carboxylic acid groups (broad SMARTS) is 1. The van der Waals surface area contributed by atoms with Crippen molar-refractivity contribution in [1.29, 1.82) is 0 Å². The molecule has 0 fully saturated rings. The summed E-state index contributed by atoms with van der Waals surface area (Å²) in [6, 6.07) is 8.12. The Morgan fingerprint density at radius 1 is 1.33 bits per heavy atom. The summed E-state index contributed by atoms with van der Waals surface area (Å²) in [5.74, 6) is -0.817. The van der Waals surface area contributed by atoms with Crippen LogP contribution < -0.4 is 0 Å². The van der Waals surface area contributed by atoms with E-state index in [2.05, 4.69) is 23.4 Å². The second-order valence-corrected chi connectivity index (χ2v) is 5.75. The van der Waals surface area contributed by atoms with Gasteiger partial charge in [-0.15, -0.1) is 0 Å². The van der Waals surface area contributed by atoms with Gasteiger partial charge in [0.2, 0.25) is 0 Å². The summed E-state index contributed by atoms with van der Waals surface area (Å²) in [6.07, 6.45) is 0. The fourth-order valence-corrected chi connectivity index (χ4v) is 2.80. The molecule has 4 nitrogen and oxygen atoms in total. The summed E-state index contributed by atoms with van der Waals surface area (Å²) in [6.45, 7) is 5.82. The second kappa shape index (κ2) is 5.02. The van der Waals surface area contributed by atoms with Gasteiger partial charge >= 0.3 is 5.97 Å². The fourth-order valence-electron chi connectivity index (χ4n) is 1.81. The predicted molar refractivity (Wildman–Crippen MR) is 73.1 cm³/mol. The van der Waals surface area contributed by atoms with Crippen molar-refractivity contribution in [2.45, 2.75) is 37.2 Å². The Hall–Kier alpha value is -1.49. The number of thioether (sulfide) groups is 1. The van der Waals surface area contributed by atoms with Gasteiger partial charge in [-0.3, -0.25) is 4.79 Å². The standard InChI is InChI=1S/C13H16N2O2S/c1-8(2)15-11-7-5-4-6-10(11)14-13(15)18-9(3)12(16)17/h4-9H,1-3H3,(H,16,17). The van der Waals surface area contributed by atoms with Crippen molar-refractivity contribution in [2.75, 3.05) is 0 Å². The number of rotatable bonds is 4. The normalized spacial score (nSPS) is 13.1. The van der Waals surface area contributed by atoms with Crippen LogP contribution in [0.3, 0.4) is 0 Å². The molecule has 0 saturated heterocycles. The first kappa shape index (κ1) is 13.0. The lowest BCUT2D eigenvalue weighted by atomic mass is 10.3. The van der Waals surface area contributed by atoms with Crippen LogP contribution in [0.2, 0.25) is 0 Å². The van der Waals surface area contributed by atoms with Crippen molar-refractivity contribution in [3.05, 3.63) is 24.3 Å². The van der Waals surface area contributed by atoms with Gasteiger partial charge in [0.25, 0.3) is 0 Å². The molecule has 0 amide bonds. The van der Waals surface area contributed by atoms with Gasteiger partial charge in [0.15, 0.2) is 5.16 Å². The van der Waals surface area contributed by atoms with Crippen LogP contribution in [-0.4, -0.2) is 25.9 Å². The van der Waals surface area contributed by atoms with E-state index < -0.39 is 11.2 Å². The highest BCUT2D eigenvalue weighted by atomic mass is 32.2. The van der Waals surface area contributed by atoms with Crippen molar-refractivity contribution in [3.8, 4) is 0 Å². The zero-order chi connectivity index (χ0) is 13.3. The Bertz CT molecular complexity index is 577. The highest BCUT2D eigenvalue weighted by Crippen LogP contribution is 2.30. The van der Waals surface area contributed by atoms with E-state index in [4.69, 9.17) is 5.11 Å². The first-order valence-electron chi connectivity index (χ1n) is 5.87. The minimum Gasteiger partial charge on any atom is -0.480 e. The number of benzene rings is 1. The molecular weight excluding hydrogens is 248 g/mol. The first-order chi connectivity index (χ1) is 8.50. The third kappa shape index (κ3) is 2.36. The number of fused-ring (bicyclic) bond motifs is 1. The molecule has 2 rings (SSSR count). The largest absolute Gasteiger partial charge is 0.480 e. The van der Waals surface area contributed by atoms with Gasteiger partial charge < -0.3 is 9.67 Å². The van der Waals surface area contributed by atoms with Gasteiger partial charge in [-0.05, 0) is 32.9 Å². The number of imidazole rings is 1. The quantitative estimate of drug-likeness (QED) is 0.862. The van der Waals surface area contributed by atoms with E-state index in [-0.39, 0.29) is 6.04 Å². The summed E-state index contributed by atoms with van der Waals surface area (Å²) < 4.78 is 2.08. The number of hydrogen-bond donors (Lipinski definition) is 1. The number of aromatic nitrogens is 2. The summed E-state index contributed by atoms with van der Waals surface area (Å²) >= 11 is 1.28. The van der Waals surface area contributed by atoms with E-state index >= 15 is 0 Å². The molecule has 0 aliphatic rings. The minimum absolute atomic E-state index is 0.251. The average molecular weight is 264 g/mol. The predicted octanol–water partition coefficient (Wildman–Crippen LogP) is 3.18. The lowest BCUT2D eigenvalue weighted by molar-refractivity contribution is -0.136. The van der Waals surface area contributed by atoms with Gasteiger partial charge in [-0.1, -0.05) is 23.9 Å². The van der Waals surface area contributed by atoms with Gasteiger partial charge in [0.05, 0.1) is 11.0 Å². The van der Waals surface area contributed by atoms with Gasteiger partial charge in [-0.25, -0.2) is 4.98 Å². The molecular formula is C13H16N2O2S. The van der Waals surface area contributed by atoms with Crippen LogP contribution in [0.1, 0.15) is 26.8 Å². The maximum atomic E-state index is 10.9. The van der Waals surface area contributed by atoms with Crippen molar-refractivity contribution in [1.82, 2.24) is 9.55 Å². The number of para-hydroxylation sites is 2. The maximum Gasteiger partial charge on any atom is 0.316 e. The molecule has 96 valence electrons. The third-order valence-corrected chi connectivity index (χ3v) is 3.76. The molecule has 0 aliphatic heterocycles. The molecule has 0 radical (unpaired) electrons. The molecule has 18 heavy (non-hydrogen) atoms. The zero-order valence-electron chi connectivity index (χ0n) is 10.6. The van der Waals surface area contributed by atoms with Crippen LogP contribution in [0.25, 0.3) is 11.0 Å². The molecule has 1 N–H and O–H groups in total. The van der Waals surface area contributed by atoms with Crippen molar-refractivity contribution in [2.24, 2.45) is 0 Å². The van der Waals surface area contributed by atoms with Crippen molar-refractivity contribution in [3.63, 3.8) is 0 Å². The number of carbonyl (C=O) groups is 1. The molecule has 1 aromatic heterocycles. The number of hydrogen-bond acceptors (Lipinski definition) is 3. The van der Waals surface area contributed by atoms with Crippen LogP contribution in [-0.2, 0) is 4.79 Å². The lowest BCUT2D eigenvalue weighted by Crippen LogP contribution is -2.13. The molecule has 0 spiro atoms. The van der Waals surface area contributed by atoms with Gasteiger partial charge in [-0.2, -0.15) is 0 Å². The van der Waals surface area contributed by atoms with Crippen LogP contribution >= 0.6 is 11.8 Å². The Morgan fingerprint density at radius 3 is 2.61 bits per heavy atom. The lowest BCUT2D eigenvalue weighted by Gasteiger charge is -2.13.